The average Bonchev–Trinajstić information content (AvgIpc) is 2.88. The lowest BCUT2D eigenvalue weighted by Gasteiger charge is -2.06. The van der Waals surface area contributed by atoms with E-state index in [1.54, 1.807) is 18.2 Å². The molecular weight excluding hydrogens is 268 g/mol. The van der Waals surface area contributed by atoms with E-state index in [2.05, 4.69) is 14.8 Å². The van der Waals surface area contributed by atoms with Crippen molar-refractivity contribution in [3.63, 3.8) is 0 Å². The Kier molecular flexibility index (Phi) is 3.78. The predicted molar refractivity (Wildman–Crippen MR) is 66.6 cm³/mol. The number of benzene rings is 1. The van der Waals surface area contributed by atoms with Crippen molar-refractivity contribution in [3.8, 4) is 6.07 Å². The first-order valence-electron chi connectivity index (χ1n) is 5.30. The van der Waals surface area contributed by atoms with Gasteiger partial charge in [-0.2, -0.15) is 5.26 Å². The van der Waals surface area contributed by atoms with Gasteiger partial charge in [0.25, 0.3) is 5.82 Å². The normalized spacial score (nSPS) is 9.95. The van der Waals surface area contributed by atoms with Crippen LogP contribution < -0.4 is 0 Å². The summed E-state index contributed by atoms with van der Waals surface area (Å²) in [6, 6.07) is 6.66. The summed E-state index contributed by atoms with van der Waals surface area (Å²) in [5.74, 6) is -0.352. The molecule has 1 aromatic carbocycles. The highest BCUT2D eigenvalue weighted by molar-refractivity contribution is 6.31. The van der Waals surface area contributed by atoms with Gasteiger partial charge in [0.05, 0.1) is 19.2 Å². The third kappa shape index (κ3) is 2.89. The first-order chi connectivity index (χ1) is 9.13. The first-order valence-corrected chi connectivity index (χ1v) is 5.68. The van der Waals surface area contributed by atoms with Crippen LogP contribution in [0.25, 0.3) is 0 Å². The van der Waals surface area contributed by atoms with Crippen LogP contribution in [0.3, 0.4) is 0 Å². The van der Waals surface area contributed by atoms with Crippen LogP contribution in [0, 0.1) is 11.3 Å². The number of hydrogen-bond acceptors (Lipinski definition) is 5. The van der Waals surface area contributed by atoms with Crippen molar-refractivity contribution in [2.75, 3.05) is 7.11 Å². The van der Waals surface area contributed by atoms with Crippen molar-refractivity contribution in [2.45, 2.75) is 6.54 Å². The standard InChI is InChI=1S/C12H9ClN4O2/c1-19-12(18)8-2-3-10(13)9(4-8)6-17-7-15-11(5-14)16-17/h2-4,7H,6H2,1H3. The summed E-state index contributed by atoms with van der Waals surface area (Å²) < 4.78 is 6.12. The highest BCUT2D eigenvalue weighted by Gasteiger charge is 2.10. The Bertz CT molecular complexity index is 660. The molecule has 1 aromatic heterocycles. The van der Waals surface area contributed by atoms with E-state index in [0.29, 0.717) is 22.7 Å². The summed E-state index contributed by atoms with van der Waals surface area (Å²) in [7, 11) is 1.31. The quantitative estimate of drug-likeness (QED) is 0.796. The molecule has 19 heavy (non-hydrogen) atoms. The maximum absolute atomic E-state index is 11.4. The van der Waals surface area contributed by atoms with Crippen molar-refractivity contribution in [3.05, 3.63) is 46.5 Å². The van der Waals surface area contributed by atoms with Gasteiger partial charge in [0.15, 0.2) is 0 Å². The van der Waals surface area contributed by atoms with Gasteiger partial charge in [-0.25, -0.2) is 14.5 Å². The number of carbonyl (C=O) groups excluding carboxylic acids is 1. The number of nitriles is 1. The molecule has 0 amide bonds. The molecule has 96 valence electrons. The number of aromatic nitrogens is 3. The fourth-order valence-corrected chi connectivity index (χ4v) is 1.71. The summed E-state index contributed by atoms with van der Waals surface area (Å²) >= 11 is 6.06. The lowest BCUT2D eigenvalue weighted by molar-refractivity contribution is 0.0600. The largest absolute Gasteiger partial charge is 0.465 e. The Morgan fingerprint density at radius 3 is 3.00 bits per heavy atom. The van der Waals surface area contributed by atoms with Crippen LogP contribution in [0.4, 0.5) is 0 Å². The fourth-order valence-electron chi connectivity index (χ4n) is 1.54. The van der Waals surface area contributed by atoms with E-state index in [4.69, 9.17) is 16.9 Å². The summed E-state index contributed by atoms with van der Waals surface area (Å²) in [6.45, 7) is 0.318. The number of carbonyl (C=O) groups is 1. The van der Waals surface area contributed by atoms with Gasteiger partial charge < -0.3 is 4.74 Å². The lowest BCUT2D eigenvalue weighted by atomic mass is 10.1. The van der Waals surface area contributed by atoms with Crippen molar-refractivity contribution < 1.29 is 9.53 Å². The molecule has 7 heteroatoms. The maximum Gasteiger partial charge on any atom is 0.337 e. The third-order valence-corrected chi connectivity index (χ3v) is 2.80. The lowest BCUT2D eigenvalue weighted by Crippen LogP contribution is -2.05. The van der Waals surface area contributed by atoms with Crippen molar-refractivity contribution in [1.82, 2.24) is 14.8 Å². The van der Waals surface area contributed by atoms with Gasteiger partial charge in [0, 0.05) is 5.02 Å². The van der Waals surface area contributed by atoms with E-state index in [1.165, 1.54) is 18.1 Å². The molecule has 0 N–H and O–H groups in total. The van der Waals surface area contributed by atoms with Crippen LogP contribution in [0.1, 0.15) is 21.7 Å². The predicted octanol–water partition coefficient (Wildman–Crippen LogP) is 1.64. The molecule has 0 bridgehead atoms. The van der Waals surface area contributed by atoms with E-state index < -0.39 is 5.97 Å². The van der Waals surface area contributed by atoms with E-state index in [1.807, 2.05) is 6.07 Å². The third-order valence-electron chi connectivity index (χ3n) is 2.44. The molecule has 2 rings (SSSR count). The molecule has 0 radical (unpaired) electrons. The zero-order chi connectivity index (χ0) is 13.8. The fraction of sp³-hybridized carbons (Fsp3) is 0.167. The van der Waals surface area contributed by atoms with Crippen LogP contribution in [0.15, 0.2) is 24.5 Å². The molecule has 0 saturated carbocycles. The minimum absolute atomic E-state index is 0.0836. The first kappa shape index (κ1) is 13.1. The Morgan fingerprint density at radius 1 is 1.58 bits per heavy atom. The molecule has 0 aliphatic carbocycles. The van der Waals surface area contributed by atoms with Crippen molar-refractivity contribution >= 4 is 17.6 Å². The zero-order valence-electron chi connectivity index (χ0n) is 10.00. The number of nitrogens with zero attached hydrogens (tertiary/aromatic N) is 4. The van der Waals surface area contributed by atoms with E-state index >= 15 is 0 Å². The van der Waals surface area contributed by atoms with Gasteiger partial charge in [-0.3, -0.25) is 0 Å². The SMILES string of the molecule is COC(=O)c1ccc(Cl)c(Cn2cnc(C#N)n2)c1. The van der Waals surface area contributed by atoms with Crippen molar-refractivity contribution in [1.29, 1.82) is 5.26 Å². The highest BCUT2D eigenvalue weighted by Crippen LogP contribution is 2.19. The molecule has 0 fully saturated rings. The van der Waals surface area contributed by atoms with E-state index in [-0.39, 0.29) is 5.82 Å². The van der Waals surface area contributed by atoms with Crippen LogP contribution >= 0.6 is 11.6 Å². The molecule has 0 saturated heterocycles. The van der Waals surface area contributed by atoms with Gasteiger partial charge in [0.1, 0.15) is 12.4 Å². The maximum atomic E-state index is 11.4. The molecular formula is C12H9ClN4O2. The molecule has 0 atom stereocenters. The summed E-state index contributed by atoms with van der Waals surface area (Å²) in [6.07, 6.45) is 1.43. The van der Waals surface area contributed by atoms with Gasteiger partial charge in [-0.15, -0.1) is 5.10 Å². The smallest absolute Gasteiger partial charge is 0.337 e. The Balaban J connectivity index is 2.29. The summed E-state index contributed by atoms with van der Waals surface area (Å²) in [4.78, 5) is 15.2. The monoisotopic (exact) mass is 276 g/mol. The minimum atomic E-state index is -0.436. The Labute approximate surface area is 114 Å². The topological polar surface area (TPSA) is 80.8 Å². The number of methoxy groups -OCH3 is 1. The van der Waals surface area contributed by atoms with E-state index in [9.17, 15) is 4.79 Å². The Hall–Kier alpha value is -2.39. The second kappa shape index (κ2) is 5.50. The summed E-state index contributed by atoms with van der Waals surface area (Å²) in [5, 5.41) is 13.1. The molecule has 1 heterocycles. The molecule has 0 spiro atoms. The highest BCUT2D eigenvalue weighted by atomic mass is 35.5. The minimum Gasteiger partial charge on any atom is -0.465 e. The Morgan fingerprint density at radius 2 is 2.37 bits per heavy atom. The number of halogens is 1. The van der Waals surface area contributed by atoms with E-state index in [0.717, 1.165) is 0 Å². The number of ether oxygens (including phenoxy) is 1. The molecule has 0 aliphatic heterocycles. The average molecular weight is 277 g/mol. The van der Waals surface area contributed by atoms with Crippen molar-refractivity contribution in [2.24, 2.45) is 0 Å². The number of esters is 1. The van der Waals surface area contributed by atoms with Gasteiger partial charge in [0.2, 0.25) is 0 Å². The van der Waals surface area contributed by atoms with Crippen LogP contribution in [-0.4, -0.2) is 27.8 Å². The molecule has 0 aliphatic rings. The van der Waals surface area contributed by atoms with Gasteiger partial charge >= 0.3 is 5.97 Å². The summed E-state index contributed by atoms with van der Waals surface area (Å²) in [5.41, 5.74) is 1.10. The second-order valence-electron chi connectivity index (χ2n) is 3.68. The molecule has 2 aromatic rings. The van der Waals surface area contributed by atoms with Gasteiger partial charge in [-0.05, 0) is 23.8 Å². The zero-order valence-corrected chi connectivity index (χ0v) is 10.8. The molecule has 0 unspecified atom stereocenters. The molecule has 6 nitrogen and oxygen atoms in total. The van der Waals surface area contributed by atoms with Gasteiger partial charge in [-0.1, -0.05) is 11.6 Å². The van der Waals surface area contributed by atoms with Crippen LogP contribution in [0.2, 0.25) is 5.02 Å². The number of hydrogen-bond donors (Lipinski definition) is 0. The van der Waals surface area contributed by atoms with Crippen LogP contribution in [0.5, 0.6) is 0 Å². The van der Waals surface area contributed by atoms with Crippen LogP contribution in [-0.2, 0) is 11.3 Å². The second-order valence-corrected chi connectivity index (χ2v) is 4.08. The number of rotatable bonds is 3.